The van der Waals surface area contributed by atoms with Crippen LogP contribution in [0, 0.1) is 0 Å². The lowest BCUT2D eigenvalue weighted by Crippen LogP contribution is -2.38. The zero-order valence-corrected chi connectivity index (χ0v) is 16.1. The average Bonchev–Trinajstić information content (AvgIpc) is 2.64. The molecule has 8 heteroatoms. The minimum absolute atomic E-state index is 0.217. The summed E-state index contributed by atoms with van der Waals surface area (Å²) in [5.74, 6) is -0.351. The van der Waals surface area contributed by atoms with Gasteiger partial charge >= 0.3 is 5.69 Å². The molecule has 1 N–H and O–H groups in total. The first-order chi connectivity index (χ1) is 12.4. The van der Waals surface area contributed by atoms with E-state index < -0.39 is 11.2 Å². The van der Waals surface area contributed by atoms with Crippen LogP contribution >= 0.6 is 15.9 Å². The van der Waals surface area contributed by atoms with Crippen LogP contribution in [0.2, 0.25) is 0 Å². The third-order valence-electron chi connectivity index (χ3n) is 4.29. The number of rotatable bonds is 3. The molecule has 1 amide bonds. The molecule has 3 aromatic rings. The number of nitrogens with one attached hydrogen (secondary N) is 1. The van der Waals surface area contributed by atoms with Crippen molar-refractivity contribution in [2.75, 3.05) is 5.32 Å². The highest BCUT2D eigenvalue weighted by atomic mass is 79.9. The van der Waals surface area contributed by atoms with Crippen LogP contribution in [0.3, 0.4) is 0 Å². The Morgan fingerprint density at radius 2 is 1.88 bits per heavy atom. The first-order valence-corrected chi connectivity index (χ1v) is 8.79. The van der Waals surface area contributed by atoms with Crippen LogP contribution in [-0.2, 0) is 20.5 Å². The highest BCUT2D eigenvalue weighted by Gasteiger charge is 2.19. The van der Waals surface area contributed by atoms with Gasteiger partial charge in [0.1, 0.15) is 5.39 Å². The number of amides is 1. The van der Waals surface area contributed by atoms with Crippen molar-refractivity contribution in [3.05, 3.63) is 66.9 Å². The molecule has 0 saturated heterocycles. The SMILES string of the molecule is CCc1cnc2c(c1NC(=O)c1ccccc1Br)c(=O)n(C)c(=O)n2C. The molecule has 0 aliphatic heterocycles. The van der Waals surface area contributed by atoms with Gasteiger partial charge in [-0.05, 0) is 40.0 Å². The number of hydrogen-bond donors (Lipinski definition) is 1. The largest absolute Gasteiger partial charge is 0.332 e. The van der Waals surface area contributed by atoms with E-state index in [2.05, 4.69) is 26.2 Å². The summed E-state index contributed by atoms with van der Waals surface area (Å²) in [5, 5.41) is 3.06. The Kier molecular flexibility index (Phi) is 4.78. The first-order valence-electron chi connectivity index (χ1n) is 8.00. The molecule has 2 heterocycles. The average molecular weight is 417 g/mol. The highest BCUT2D eigenvalue weighted by Crippen LogP contribution is 2.25. The molecule has 7 nitrogen and oxygen atoms in total. The van der Waals surface area contributed by atoms with Crippen molar-refractivity contribution < 1.29 is 4.79 Å². The van der Waals surface area contributed by atoms with Crippen molar-refractivity contribution in [1.82, 2.24) is 14.1 Å². The van der Waals surface area contributed by atoms with Crippen LogP contribution in [0.25, 0.3) is 11.0 Å². The molecule has 26 heavy (non-hydrogen) atoms. The lowest BCUT2D eigenvalue weighted by molar-refractivity contribution is 0.102. The molecule has 0 aliphatic carbocycles. The summed E-state index contributed by atoms with van der Waals surface area (Å²) >= 11 is 3.36. The maximum Gasteiger partial charge on any atom is 0.332 e. The van der Waals surface area contributed by atoms with Crippen LogP contribution in [0.5, 0.6) is 0 Å². The van der Waals surface area contributed by atoms with E-state index in [4.69, 9.17) is 0 Å². The lowest BCUT2D eigenvalue weighted by atomic mass is 10.1. The third kappa shape index (κ3) is 2.86. The van der Waals surface area contributed by atoms with Gasteiger partial charge in [-0.2, -0.15) is 0 Å². The van der Waals surface area contributed by atoms with E-state index in [1.807, 2.05) is 13.0 Å². The van der Waals surface area contributed by atoms with Crippen LogP contribution in [0.1, 0.15) is 22.8 Å². The molecule has 2 aromatic heterocycles. The second-order valence-electron chi connectivity index (χ2n) is 5.85. The second kappa shape index (κ2) is 6.87. The molecule has 0 fully saturated rings. The number of fused-ring (bicyclic) bond motifs is 1. The number of carbonyl (C=O) groups is 1. The molecule has 134 valence electrons. The first kappa shape index (κ1) is 18.1. The molecular formula is C18H17BrN4O3. The Bertz CT molecular complexity index is 1150. The molecule has 1 aromatic carbocycles. The Morgan fingerprint density at radius 1 is 1.19 bits per heavy atom. The predicted molar refractivity (Wildman–Crippen MR) is 104 cm³/mol. The monoisotopic (exact) mass is 416 g/mol. The number of nitrogens with zero attached hydrogens (tertiary/aromatic N) is 3. The number of hydrogen-bond acceptors (Lipinski definition) is 4. The molecule has 0 atom stereocenters. The number of pyridine rings is 1. The predicted octanol–water partition coefficient (Wildman–Crippen LogP) is 2.21. The Balaban J connectivity index is 2.28. The summed E-state index contributed by atoms with van der Waals surface area (Å²) in [6.07, 6.45) is 2.15. The topological polar surface area (TPSA) is 86.0 Å². The number of halogens is 1. The molecule has 0 aliphatic rings. The fourth-order valence-electron chi connectivity index (χ4n) is 2.80. The van der Waals surface area contributed by atoms with Gasteiger partial charge in [0.2, 0.25) is 0 Å². The van der Waals surface area contributed by atoms with E-state index in [0.717, 1.165) is 4.57 Å². The van der Waals surface area contributed by atoms with Gasteiger partial charge in [0.05, 0.1) is 11.3 Å². The van der Waals surface area contributed by atoms with Gasteiger partial charge in [-0.15, -0.1) is 0 Å². The zero-order chi connectivity index (χ0) is 19.0. The van der Waals surface area contributed by atoms with E-state index in [1.165, 1.54) is 11.6 Å². The van der Waals surface area contributed by atoms with E-state index in [9.17, 15) is 14.4 Å². The standard InChI is InChI=1S/C18H17BrN4O3/c1-4-10-9-20-15-13(17(25)23(3)18(26)22(15)2)14(10)21-16(24)11-7-5-6-8-12(11)19/h5-9H,4H2,1-3H3,(H,20,21,24). The maximum atomic E-state index is 12.8. The Morgan fingerprint density at radius 3 is 2.54 bits per heavy atom. The van der Waals surface area contributed by atoms with Crippen molar-refractivity contribution >= 4 is 38.6 Å². The van der Waals surface area contributed by atoms with Gasteiger partial charge in [0.25, 0.3) is 11.5 Å². The number of benzene rings is 1. The van der Waals surface area contributed by atoms with Crippen molar-refractivity contribution in [1.29, 1.82) is 0 Å². The zero-order valence-electron chi connectivity index (χ0n) is 14.5. The van der Waals surface area contributed by atoms with Gasteiger partial charge in [-0.1, -0.05) is 19.1 Å². The maximum absolute atomic E-state index is 12.8. The minimum atomic E-state index is -0.492. The van der Waals surface area contributed by atoms with Crippen LogP contribution in [-0.4, -0.2) is 20.0 Å². The molecule has 3 rings (SSSR count). The lowest BCUT2D eigenvalue weighted by Gasteiger charge is -2.15. The van der Waals surface area contributed by atoms with E-state index in [0.29, 0.717) is 27.7 Å². The third-order valence-corrected chi connectivity index (χ3v) is 4.98. The smallest absolute Gasteiger partial charge is 0.321 e. The molecule has 0 bridgehead atoms. The van der Waals surface area contributed by atoms with Gasteiger partial charge in [0, 0.05) is 24.8 Å². The van der Waals surface area contributed by atoms with Crippen LogP contribution in [0.4, 0.5) is 5.69 Å². The van der Waals surface area contributed by atoms with Gasteiger partial charge in [-0.3, -0.25) is 18.7 Å². The number of carbonyl (C=O) groups excluding carboxylic acids is 1. The van der Waals surface area contributed by atoms with Crippen molar-refractivity contribution in [2.24, 2.45) is 14.1 Å². The van der Waals surface area contributed by atoms with E-state index in [-0.39, 0.29) is 16.9 Å². The summed E-state index contributed by atoms with van der Waals surface area (Å²) in [5.41, 5.74) is 0.817. The van der Waals surface area contributed by atoms with Crippen molar-refractivity contribution in [3.8, 4) is 0 Å². The number of aromatic nitrogens is 3. The van der Waals surface area contributed by atoms with Crippen molar-refractivity contribution in [3.63, 3.8) is 0 Å². The highest BCUT2D eigenvalue weighted by molar-refractivity contribution is 9.10. The van der Waals surface area contributed by atoms with E-state index >= 15 is 0 Å². The number of aryl methyl sites for hydroxylation is 2. The van der Waals surface area contributed by atoms with Crippen LogP contribution < -0.4 is 16.6 Å². The minimum Gasteiger partial charge on any atom is -0.321 e. The van der Waals surface area contributed by atoms with E-state index in [1.54, 1.807) is 31.4 Å². The second-order valence-corrected chi connectivity index (χ2v) is 6.70. The summed E-state index contributed by atoms with van der Waals surface area (Å²) in [6.45, 7) is 1.91. The normalized spacial score (nSPS) is 10.9. The van der Waals surface area contributed by atoms with Gasteiger partial charge in [-0.25, -0.2) is 9.78 Å². The van der Waals surface area contributed by atoms with Gasteiger partial charge < -0.3 is 5.32 Å². The van der Waals surface area contributed by atoms with Crippen LogP contribution in [0.15, 0.2) is 44.5 Å². The molecular weight excluding hydrogens is 400 g/mol. The molecule has 0 spiro atoms. The fraction of sp³-hybridized carbons (Fsp3) is 0.222. The Labute approximate surface area is 157 Å². The summed E-state index contributed by atoms with van der Waals surface area (Å²) in [4.78, 5) is 41.9. The quantitative estimate of drug-likeness (QED) is 0.708. The fourth-order valence-corrected chi connectivity index (χ4v) is 3.27. The molecule has 0 unspecified atom stereocenters. The van der Waals surface area contributed by atoms with Crippen molar-refractivity contribution in [2.45, 2.75) is 13.3 Å². The molecule has 0 radical (unpaired) electrons. The summed E-state index contributed by atoms with van der Waals surface area (Å²) < 4.78 is 2.95. The Hall–Kier alpha value is -2.74. The summed E-state index contributed by atoms with van der Waals surface area (Å²) in [6, 6.07) is 7.02. The number of anilines is 1. The summed E-state index contributed by atoms with van der Waals surface area (Å²) in [7, 11) is 2.95. The molecule has 0 saturated carbocycles. The van der Waals surface area contributed by atoms with Gasteiger partial charge in [0.15, 0.2) is 5.65 Å².